The number of carbonyl (C=O) groups is 1. The Morgan fingerprint density at radius 3 is 1.38 bits per heavy atom. The summed E-state index contributed by atoms with van der Waals surface area (Å²) in [5.74, 6) is -0.252. The monoisotopic (exact) mass is 217 g/mol. The standard InChI is InChI=1S/C5H12NO2.ClHO4/c1-5(7)8-6(2,3)4;2-1(3,4)5/h1-4H3;(H,2,3,4,5)/q+1;/p-1. The third-order valence-electron chi connectivity index (χ3n) is 0.402. The maximum absolute atomic E-state index is 10.2. The number of hydrogen-bond donors (Lipinski definition) is 0. The van der Waals surface area contributed by atoms with E-state index < -0.39 is 10.2 Å². The number of hydrogen-bond acceptors (Lipinski definition) is 6. The van der Waals surface area contributed by atoms with Gasteiger partial charge in [-0.05, 0) is 0 Å². The highest BCUT2D eigenvalue weighted by atomic mass is 35.7. The minimum Gasteiger partial charge on any atom is -0.278 e. The van der Waals surface area contributed by atoms with Crippen molar-refractivity contribution in [1.82, 2.24) is 0 Å². The van der Waals surface area contributed by atoms with E-state index in [9.17, 15) is 4.79 Å². The van der Waals surface area contributed by atoms with E-state index in [1.165, 1.54) is 6.92 Å². The van der Waals surface area contributed by atoms with Crippen LogP contribution in [0.25, 0.3) is 0 Å². The van der Waals surface area contributed by atoms with Crippen molar-refractivity contribution in [1.29, 1.82) is 0 Å². The van der Waals surface area contributed by atoms with E-state index in [1.54, 1.807) is 21.1 Å². The molecule has 8 heteroatoms. The van der Waals surface area contributed by atoms with Gasteiger partial charge in [-0.25, -0.2) is 23.4 Å². The van der Waals surface area contributed by atoms with Gasteiger partial charge in [0.25, 0.3) is 0 Å². The van der Waals surface area contributed by atoms with E-state index in [0.717, 1.165) is 0 Å². The lowest BCUT2D eigenvalue weighted by molar-refractivity contribution is -2.00. The fraction of sp³-hybridized carbons (Fsp3) is 0.800. The molecule has 0 aliphatic carbocycles. The highest BCUT2D eigenvalue weighted by Crippen LogP contribution is 1.90. The smallest absolute Gasteiger partial charge is 0.278 e. The molecule has 0 saturated carbocycles. The maximum Gasteiger partial charge on any atom is 0.363 e. The summed E-state index contributed by atoms with van der Waals surface area (Å²) in [5, 5.41) is 0. The molecule has 0 atom stereocenters. The van der Waals surface area contributed by atoms with Crippen LogP contribution in [0.3, 0.4) is 0 Å². The Morgan fingerprint density at radius 2 is 1.38 bits per heavy atom. The van der Waals surface area contributed by atoms with Crippen LogP contribution in [0.4, 0.5) is 0 Å². The average Bonchev–Trinajstić information content (AvgIpc) is 1.47. The highest BCUT2D eigenvalue weighted by molar-refractivity contribution is 5.65. The molecule has 0 aromatic carbocycles. The molecule has 13 heavy (non-hydrogen) atoms. The quantitative estimate of drug-likeness (QED) is 0.322. The zero-order chi connectivity index (χ0) is 11.3. The van der Waals surface area contributed by atoms with Gasteiger partial charge < -0.3 is 0 Å². The molecule has 0 spiro atoms. The minimum atomic E-state index is -4.94. The first kappa shape index (κ1) is 15.1. The fourth-order valence-corrected chi connectivity index (χ4v) is 0.386. The molecule has 0 aromatic heterocycles. The molecule has 0 unspecified atom stereocenters. The molecular formula is C5H12ClNO6. The first-order valence-electron chi connectivity index (χ1n) is 3.05. The van der Waals surface area contributed by atoms with E-state index in [1.807, 2.05) is 0 Å². The summed E-state index contributed by atoms with van der Waals surface area (Å²) in [6.45, 7) is 1.39. The summed E-state index contributed by atoms with van der Waals surface area (Å²) in [6, 6.07) is 0. The lowest BCUT2D eigenvalue weighted by Crippen LogP contribution is -2.68. The second kappa shape index (κ2) is 5.32. The summed E-state index contributed by atoms with van der Waals surface area (Å²) in [7, 11) is 0.393. The van der Waals surface area contributed by atoms with Gasteiger partial charge in [0.15, 0.2) is 0 Å². The van der Waals surface area contributed by atoms with E-state index in [2.05, 4.69) is 0 Å². The Hall–Kier alpha value is -0.440. The molecule has 0 aliphatic heterocycles. The van der Waals surface area contributed by atoms with Crippen LogP contribution < -0.4 is 18.6 Å². The first-order chi connectivity index (χ1) is 5.42. The second-order valence-corrected chi connectivity index (χ2v) is 3.61. The average molecular weight is 218 g/mol. The lowest BCUT2D eigenvalue weighted by atomic mass is 10.8. The number of halogens is 1. The Kier molecular flexibility index (Phi) is 6.16. The maximum atomic E-state index is 10.2. The van der Waals surface area contributed by atoms with Crippen molar-refractivity contribution in [3.05, 3.63) is 0 Å². The molecule has 0 rings (SSSR count). The second-order valence-electron chi connectivity index (χ2n) is 2.85. The zero-order valence-electron chi connectivity index (χ0n) is 7.77. The van der Waals surface area contributed by atoms with Crippen molar-refractivity contribution in [3.8, 4) is 0 Å². The molecule has 0 heterocycles. The number of carbonyl (C=O) groups excluding carboxylic acids is 1. The molecule has 0 N–H and O–H groups in total. The van der Waals surface area contributed by atoms with Crippen LogP contribution in [0.15, 0.2) is 0 Å². The highest BCUT2D eigenvalue weighted by Gasteiger charge is 2.09. The van der Waals surface area contributed by atoms with Crippen molar-refractivity contribution in [2.75, 3.05) is 21.1 Å². The molecule has 7 nitrogen and oxygen atoms in total. The van der Waals surface area contributed by atoms with Gasteiger partial charge >= 0.3 is 5.97 Å². The molecule has 80 valence electrons. The molecule has 0 saturated heterocycles. The summed E-state index contributed by atoms with van der Waals surface area (Å²) in [6.07, 6.45) is 0. The number of hydroxylamine groups is 3. The molecule has 0 radical (unpaired) electrons. The van der Waals surface area contributed by atoms with Crippen LogP contribution in [0, 0.1) is 10.2 Å². The molecule has 0 fully saturated rings. The molecule has 0 aliphatic rings. The molecule has 0 aromatic rings. The summed E-state index contributed by atoms with van der Waals surface area (Å²) >= 11 is 0. The van der Waals surface area contributed by atoms with Gasteiger partial charge in [0.2, 0.25) is 0 Å². The van der Waals surface area contributed by atoms with Gasteiger partial charge in [-0.2, -0.15) is 0 Å². The predicted molar refractivity (Wildman–Crippen MR) is 29.8 cm³/mol. The van der Waals surface area contributed by atoms with Crippen molar-refractivity contribution < 1.29 is 43.2 Å². The third-order valence-corrected chi connectivity index (χ3v) is 0.402. The third kappa shape index (κ3) is 50.8. The van der Waals surface area contributed by atoms with Gasteiger partial charge in [-0.1, -0.05) is 0 Å². The molecule has 0 amide bonds. The topological polar surface area (TPSA) is 119 Å². The molecule has 0 bridgehead atoms. The Bertz CT molecular complexity index is 153. The van der Waals surface area contributed by atoms with Crippen LogP contribution in [0.5, 0.6) is 0 Å². The van der Waals surface area contributed by atoms with Crippen molar-refractivity contribution in [2.24, 2.45) is 0 Å². The summed E-state index contributed by atoms with van der Waals surface area (Å²) in [4.78, 5) is 15.0. The van der Waals surface area contributed by atoms with Gasteiger partial charge in [-0.15, -0.1) is 14.9 Å². The van der Waals surface area contributed by atoms with Crippen LogP contribution >= 0.6 is 0 Å². The van der Waals surface area contributed by atoms with Crippen molar-refractivity contribution in [3.63, 3.8) is 0 Å². The van der Waals surface area contributed by atoms with Crippen LogP contribution in [-0.4, -0.2) is 31.8 Å². The zero-order valence-corrected chi connectivity index (χ0v) is 8.53. The van der Waals surface area contributed by atoms with Crippen LogP contribution in [0.2, 0.25) is 0 Å². The normalized spacial score (nSPS) is 11.4. The molecular weight excluding hydrogens is 206 g/mol. The van der Waals surface area contributed by atoms with E-state index in [4.69, 9.17) is 23.5 Å². The van der Waals surface area contributed by atoms with Gasteiger partial charge in [0, 0.05) is 6.92 Å². The number of nitrogens with zero attached hydrogens (tertiary/aromatic N) is 1. The van der Waals surface area contributed by atoms with Gasteiger partial charge in [-0.3, -0.25) is 4.84 Å². The van der Waals surface area contributed by atoms with Crippen molar-refractivity contribution in [2.45, 2.75) is 6.92 Å². The largest absolute Gasteiger partial charge is 0.363 e. The Morgan fingerprint density at radius 1 is 1.15 bits per heavy atom. The SMILES string of the molecule is CC(=O)O[N+](C)(C)C.[O-][Cl+3]([O-])([O-])[O-]. The summed E-state index contributed by atoms with van der Waals surface area (Å²) in [5.41, 5.74) is 0. The van der Waals surface area contributed by atoms with Gasteiger partial charge in [0.05, 0.1) is 0 Å². The fourth-order valence-electron chi connectivity index (χ4n) is 0.386. The Balaban J connectivity index is 0. The Labute approximate surface area is 78.0 Å². The summed E-state index contributed by atoms with van der Waals surface area (Å²) < 4.78 is 34.2. The van der Waals surface area contributed by atoms with Crippen LogP contribution in [-0.2, 0) is 9.63 Å². The minimum absolute atomic E-state index is 0.231. The lowest BCUT2D eigenvalue weighted by Gasteiger charge is -2.18. The first-order valence-corrected chi connectivity index (χ1v) is 4.28. The number of quaternary nitrogens is 1. The predicted octanol–water partition coefficient (Wildman–Crippen LogP) is -4.59. The van der Waals surface area contributed by atoms with Crippen molar-refractivity contribution >= 4 is 5.97 Å². The van der Waals surface area contributed by atoms with Gasteiger partial charge in [0.1, 0.15) is 21.1 Å². The van der Waals surface area contributed by atoms with Crippen LogP contribution in [0.1, 0.15) is 6.92 Å². The van der Waals surface area contributed by atoms with E-state index >= 15 is 0 Å². The van der Waals surface area contributed by atoms with E-state index in [-0.39, 0.29) is 10.6 Å². The number of rotatable bonds is 1. The van der Waals surface area contributed by atoms with E-state index in [0.29, 0.717) is 0 Å².